The zero-order chi connectivity index (χ0) is 52.9. The van der Waals surface area contributed by atoms with Crippen LogP contribution in [0.25, 0.3) is 0 Å². The second-order valence-corrected chi connectivity index (χ2v) is 20.9. The fraction of sp³-hybridized carbons (Fsp3) is 0.776. The Bertz CT molecular complexity index is 1360. The van der Waals surface area contributed by atoms with Crippen molar-refractivity contribution in [2.24, 2.45) is 0 Å². The van der Waals surface area contributed by atoms with Gasteiger partial charge in [-0.3, -0.25) is 14.4 Å². The van der Waals surface area contributed by atoms with Crippen LogP contribution >= 0.6 is 0 Å². The molecule has 0 aromatic carbocycles. The Balaban J connectivity index is 3.95. The van der Waals surface area contributed by atoms with Crippen LogP contribution in [0.3, 0.4) is 0 Å². The first-order chi connectivity index (χ1) is 36.0. The molecule has 0 rings (SSSR count). The number of ether oxygens (including phenoxy) is 3. The third-order valence-electron chi connectivity index (χ3n) is 13.7. The molecule has 0 aliphatic heterocycles. The highest BCUT2D eigenvalue weighted by Crippen LogP contribution is 2.17. The van der Waals surface area contributed by atoms with Gasteiger partial charge in [0, 0.05) is 19.3 Å². The van der Waals surface area contributed by atoms with Crippen molar-refractivity contribution >= 4 is 17.9 Å². The van der Waals surface area contributed by atoms with E-state index in [0.717, 1.165) is 96.3 Å². The first-order valence-corrected chi connectivity index (χ1v) is 31.4. The Morgan fingerprint density at radius 3 is 0.849 bits per heavy atom. The molecule has 0 heterocycles. The summed E-state index contributed by atoms with van der Waals surface area (Å²) in [5.74, 6) is -0.879. The molecule has 1 atom stereocenters. The lowest BCUT2D eigenvalue weighted by Gasteiger charge is -2.18. The lowest BCUT2D eigenvalue weighted by Crippen LogP contribution is -2.30. The maximum absolute atomic E-state index is 12.8. The van der Waals surface area contributed by atoms with E-state index in [9.17, 15) is 14.4 Å². The molecule has 0 aliphatic carbocycles. The SMILES string of the molecule is CC/C=C\C/C=C\C/C=C\C/C=C\C/C=C\CCCCCCCCCCCCCCCCCCCC(=O)OCC(COC(=O)CCCCCCC)OC(=O)CCCCCCCCC/C=C\CCCCCCCC. The van der Waals surface area contributed by atoms with E-state index in [0.29, 0.717) is 19.3 Å². The summed E-state index contributed by atoms with van der Waals surface area (Å²) in [5, 5.41) is 0. The van der Waals surface area contributed by atoms with Crippen LogP contribution in [0.4, 0.5) is 0 Å². The highest BCUT2D eigenvalue weighted by atomic mass is 16.6. The summed E-state index contributed by atoms with van der Waals surface area (Å²) in [6.45, 7) is 6.46. The third-order valence-corrected chi connectivity index (χ3v) is 13.7. The lowest BCUT2D eigenvalue weighted by atomic mass is 10.0. The van der Waals surface area contributed by atoms with Crippen LogP contribution in [-0.4, -0.2) is 37.2 Å². The van der Waals surface area contributed by atoms with Crippen molar-refractivity contribution in [3.8, 4) is 0 Å². The van der Waals surface area contributed by atoms with Gasteiger partial charge in [-0.1, -0.05) is 280 Å². The van der Waals surface area contributed by atoms with Gasteiger partial charge in [0.1, 0.15) is 13.2 Å². The summed E-state index contributed by atoms with van der Waals surface area (Å²) in [4.78, 5) is 37.9. The molecule has 0 spiro atoms. The van der Waals surface area contributed by atoms with Crippen molar-refractivity contribution in [3.63, 3.8) is 0 Å². The smallest absolute Gasteiger partial charge is 0.306 e. The molecule has 0 radical (unpaired) electrons. The average molecular weight is 1020 g/mol. The molecule has 1 unspecified atom stereocenters. The average Bonchev–Trinajstić information content (AvgIpc) is 3.39. The Hall–Kier alpha value is -3.15. The minimum Gasteiger partial charge on any atom is -0.462 e. The second-order valence-electron chi connectivity index (χ2n) is 20.9. The monoisotopic (exact) mass is 1020 g/mol. The molecule has 0 saturated heterocycles. The van der Waals surface area contributed by atoms with Crippen molar-refractivity contribution in [2.45, 2.75) is 322 Å². The first kappa shape index (κ1) is 69.8. The van der Waals surface area contributed by atoms with Crippen molar-refractivity contribution in [3.05, 3.63) is 72.9 Å². The van der Waals surface area contributed by atoms with Gasteiger partial charge in [0.05, 0.1) is 0 Å². The Kier molecular flexibility index (Phi) is 58.7. The summed E-state index contributed by atoms with van der Waals surface area (Å²) in [6, 6.07) is 0. The molecule has 0 aliphatic rings. The zero-order valence-corrected chi connectivity index (χ0v) is 48.4. The van der Waals surface area contributed by atoms with E-state index >= 15 is 0 Å². The van der Waals surface area contributed by atoms with Gasteiger partial charge in [-0.2, -0.15) is 0 Å². The van der Waals surface area contributed by atoms with Crippen LogP contribution in [0.2, 0.25) is 0 Å². The molecule has 73 heavy (non-hydrogen) atoms. The van der Waals surface area contributed by atoms with Crippen LogP contribution in [0.15, 0.2) is 72.9 Å². The van der Waals surface area contributed by atoms with Gasteiger partial charge < -0.3 is 14.2 Å². The van der Waals surface area contributed by atoms with Gasteiger partial charge in [-0.25, -0.2) is 0 Å². The van der Waals surface area contributed by atoms with Crippen LogP contribution in [0, 0.1) is 0 Å². The number of hydrogen-bond acceptors (Lipinski definition) is 6. The van der Waals surface area contributed by atoms with Crippen molar-refractivity contribution in [2.75, 3.05) is 13.2 Å². The predicted molar refractivity (Wildman–Crippen MR) is 316 cm³/mol. The van der Waals surface area contributed by atoms with Crippen LogP contribution < -0.4 is 0 Å². The van der Waals surface area contributed by atoms with E-state index in [2.05, 4.69) is 93.7 Å². The number of carbonyl (C=O) groups is 3. The molecule has 6 heteroatoms. The molecule has 0 saturated carbocycles. The molecule has 0 bridgehead atoms. The first-order valence-electron chi connectivity index (χ1n) is 31.4. The maximum atomic E-state index is 12.8. The second kappa shape index (κ2) is 61.4. The Morgan fingerprint density at radius 2 is 0.534 bits per heavy atom. The van der Waals surface area contributed by atoms with Crippen molar-refractivity contribution in [1.29, 1.82) is 0 Å². The summed E-state index contributed by atoms with van der Waals surface area (Å²) >= 11 is 0. The standard InChI is InChI=1S/C67H118O6/c1-4-7-10-13-15-17-19-21-23-25-26-27-28-29-30-31-32-33-34-35-36-37-38-39-40-42-43-45-47-49-51-54-57-60-66(69)72-63-64(62-71-65(68)59-56-53-12-9-6-3)73-67(70)61-58-55-52-50-48-46-44-41-24-22-20-18-16-14-11-8-5-2/h7,10,15,17,21-24,26-27,29-30,64H,4-6,8-9,11-14,16,18-20,25,28,31-63H2,1-3H3/b10-7-,17-15-,23-21-,24-22-,27-26-,30-29-. The Labute approximate surface area is 453 Å². The van der Waals surface area contributed by atoms with Crippen LogP contribution in [-0.2, 0) is 28.6 Å². The van der Waals surface area contributed by atoms with E-state index in [4.69, 9.17) is 14.2 Å². The van der Waals surface area contributed by atoms with E-state index in [-0.39, 0.29) is 31.1 Å². The highest BCUT2D eigenvalue weighted by molar-refractivity contribution is 5.71. The molecular weight excluding hydrogens is 901 g/mol. The number of unbranched alkanes of at least 4 members (excludes halogenated alkanes) is 34. The highest BCUT2D eigenvalue weighted by Gasteiger charge is 2.19. The number of esters is 3. The minimum absolute atomic E-state index is 0.0734. The third kappa shape index (κ3) is 59.6. The number of allylic oxidation sites excluding steroid dienone is 12. The normalized spacial score (nSPS) is 12.5. The number of hydrogen-bond donors (Lipinski definition) is 0. The van der Waals surface area contributed by atoms with Gasteiger partial charge in [0.15, 0.2) is 6.10 Å². The van der Waals surface area contributed by atoms with E-state index in [1.54, 1.807) is 0 Å². The molecule has 0 fully saturated rings. The summed E-state index contributed by atoms with van der Waals surface area (Å²) in [6.07, 6.45) is 79.6. The topological polar surface area (TPSA) is 78.9 Å². The quantitative estimate of drug-likeness (QED) is 0.0261. The van der Waals surface area contributed by atoms with Crippen LogP contribution in [0.5, 0.6) is 0 Å². The fourth-order valence-electron chi connectivity index (χ4n) is 9.00. The van der Waals surface area contributed by atoms with E-state index in [1.807, 2.05) is 0 Å². The number of rotatable bonds is 57. The molecule has 0 aromatic rings. The van der Waals surface area contributed by atoms with Crippen LogP contribution in [0.1, 0.15) is 316 Å². The maximum Gasteiger partial charge on any atom is 0.306 e. The van der Waals surface area contributed by atoms with Gasteiger partial charge in [0.25, 0.3) is 0 Å². The van der Waals surface area contributed by atoms with E-state index in [1.165, 1.54) is 180 Å². The summed E-state index contributed by atoms with van der Waals surface area (Å²) in [7, 11) is 0. The largest absolute Gasteiger partial charge is 0.462 e. The van der Waals surface area contributed by atoms with Gasteiger partial charge in [0.2, 0.25) is 0 Å². The fourth-order valence-corrected chi connectivity index (χ4v) is 9.00. The van der Waals surface area contributed by atoms with Gasteiger partial charge in [-0.15, -0.1) is 0 Å². The van der Waals surface area contributed by atoms with E-state index < -0.39 is 6.10 Å². The Morgan fingerprint density at radius 1 is 0.288 bits per heavy atom. The summed E-state index contributed by atoms with van der Waals surface area (Å²) < 4.78 is 16.8. The molecule has 6 nitrogen and oxygen atoms in total. The zero-order valence-electron chi connectivity index (χ0n) is 48.4. The van der Waals surface area contributed by atoms with Gasteiger partial charge >= 0.3 is 17.9 Å². The molecular formula is C67H118O6. The van der Waals surface area contributed by atoms with Gasteiger partial charge in [-0.05, 0) is 89.9 Å². The van der Waals surface area contributed by atoms with Crippen molar-refractivity contribution in [1.82, 2.24) is 0 Å². The number of carbonyl (C=O) groups excluding carboxylic acids is 3. The predicted octanol–water partition coefficient (Wildman–Crippen LogP) is 21.3. The molecule has 0 amide bonds. The molecule has 0 aromatic heterocycles. The molecule has 422 valence electrons. The lowest BCUT2D eigenvalue weighted by molar-refractivity contribution is -0.167. The summed E-state index contributed by atoms with van der Waals surface area (Å²) in [5.41, 5.74) is 0. The molecule has 0 N–H and O–H groups in total. The van der Waals surface area contributed by atoms with Crippen molar-refractivity contribution < 1.29 is 28.6 Å². The minimum atomic E-state index is -0.771.